The third-order valence-corrected chi connectivity index (χ3v) is 6.01. The fraction of sp³-hybridized carbons (Fsp3) is 0.455. The second kappa shape index (κ2) is 7.31. The van der Waals surface area contributed by atoms with E-state index in [0.717, 1.165) is 17.1 Å². The Hall–Kier alpha value is -2.64. The molecular formula is C22H24O7. The Labute approximate surface area is 169 Å². The maximum Gasteiger partial charge on any atom is 0.231 e. The number of ether oxygens (including phenoxy) is 7. The number of hydrogen-bond donors (Lipinski definition) is 0. The van der Waals surface area contributed by atoms with Crippen molar-refractivity contribution in [1.82, 2.24) is 0 Å². The molecule has 2 aromatic rings. The van der Waals surface area contributed by atoms with Gasteiger partial charge in [-0.1, -0.05) is 6.07 Å². The van der Waals surface area contributed by atoms with Crippen LogP contribution in [0.5, 0.6) is 28.7 Å². The van der Waals surface area contributed by atoms with E-state index in [1.165, 1.54) is 5.56 Å². The molecule has 7 nitrogen and oxygen atoms in total. The highest BCUT2D eigenvalue weighted by Crippen LogP contribution is 2.50. The molecule has 2 fully saturated rings. The highest BCUT2D eigenvalue weighted by molar-refractivity contribution is 5.54. The summed E-state index contributed by atoms with van der Waals surface area (Å²) in [5.74, 6) is 3.89. The quantitative estimate of drug-likeness (QED) is 0.763. The second-order valence-electron chi connectivity index (χ2n) is 7.39. The van der Waals surface area contributed by atoms with E-state index >= 15 is 0 Å². The van der Waals surface area contributed by atoms with Gasteiger partial charge in [0.05, 0.1) is 40.6 Å². The second-order valence-corrected chi connectivity index (χ2v) is 7.39. The van der Waals surface area contributed by atoms with Crippen LogP contribution in [0.3, 0.4) is 0 Å². The summed E-state index contributed by atoms with van der Waals surface area (Å²) in [5.41, 5.74) is 2.15. The molecular weight excluding hydrogens is 376 g/mol. The average Bonchev–Trinajstić information content (AvgIpc) is 3.47. The summed E-state index contributed by atoms with van der Waals surface area (Å²) >= 11 is 0. The van der Waals surface area contributed by atoms with Crippen LogP contribution in [0.25, 0.3) is 0 Å². The lowest BCUT2D eigenvalue weighted by molar-refractivity contribution is 0.00518. The lowest BCUT2D eigenvalue weighted by Crippen LogP contribution is -2.19. The minimum absolute atomic E-state index is 0.0340. The molecule has 0 spiro atoms. The molecule has 0 amide bonds. The van der Waals surface area contributed by atoms with Crippen LogP contribution in [0.1, 0.15) is 23.1 Å². The van der Waals surface area contributed by atoms with Crippen LogP contribution in [-0.4, -0.2) is 47.4 Å². The van der Waals surface area contributed by atoms with Crippen LogP contribution >= 0.6 is 0 Å². The molecule has 0 aromatic heterocycles. The van der Waals surface area contributed by atoms with Gasteiger partial charge in [0.15, 0.2) is 23.0 Å². The molecule has 4 unspecified atom stereocenters. The molecule has 154 valence electrons. The molecule has 3 heterocycles. The van der Waals surface area contributed by atoms with E-state index in [2.05, 4.69) is 12.1 Å². The fourth-order valence-corrected chi connectivity index (χ4v) is 4.56. The Morgan fingerprint density at radius 3 is 2.28 bits per heavy atom. The number of hydrogen-bond acceptors (Lipinski definition) is 7. The Kier molecular flexibility index (Phi) is 4.64. The molecule has 0 bridgehead atoms. The van der Waals surface area contributed by atoms with Gasteiger partial charge in [-0.3, -0.25) is 0 Å². The van der Waals surface area contributed by atoms with Crippen molar-refractivity contribution in [3.8, 4) is 28.7 Å². The van der Waals surface area contributed by atoms with Gasteiger partial charge in [-0.25, -0.2) is 0 Å². The van der Waals surface area contributed by atoms with Gasteiger partial charge >= 0.3 is 0 Å². The van der Waals surface area contributed by atoms with E-state index in [-0.39, 0.29) is 30.8 Å². The lowest BCUT2D eigenvalue weighted by atomic mass is 9.84. The minimum atomic E-state index is -0.187. The third-order valence-electron chi connectivity index (χ3n) is 6.01. The molecule has 3 aliphatic heterocycles. The van der Waals surface area contributed by atoms with Crippen molar-refractivity contribution in [2.75, 3.05) is 41.3 Å². The largest absolute Gasteiger partial charge is 0.493 e. The molecule has 0 saturated carbocycles. The van der Waals surface area contributed by atoms with Crippen molar-refractivity contribution in [2.24, 2.45) is 5.92 Å². The first-order valence-corrected chi connectivity index (χ1v) is 9.66. The zero-order valence-corrected chi connectivity index (χ0v) is 16.7. The van der Waals surface area contributed by atoms with E-state index in [4.69, 9.17) is 33.2 Å². The van der Waals surface area contributed by atoms with E-state index in [9.17, 15) is 0 Å². The predicted molar refractivity (Wildman–Crippen MR) is 103 cm³/mol. The summed E-state index contributed by atoms with van der Waals surface area (Å²) in [6, 6.07) is 10.00. The molecule has 0 radical (unpaired) electrons. The van der Waals surface area contributed by atoms with Gasteiger partial charge in [0.25, 0.3) is 0 Å². The van der Waals surface area contributed by atoms with Crippen LogP contribution in [0, 0.1) is 5.92 Å². The van der Waals surface area contributed by atoms with Gasteiger partial charge < -0.3 is 33.2 Å². The van der Waals surface area contributed by atoms with Crippen molar-refractivity contribution >= 4 is 0 Å². The zero-order valence-electron chi connectivity index (χ0n) is 16.7. The standard InChI is InChI=1S/C22H24O7/c1-23-18-7-13(8-19(24-2)22(18)25-3)20-21-15(10-26-20)14(9-27-21)12-4-5-16-17(6-12)29-11-28-16/h4-8,14-15,20-21H,9-11H2,1-3H3. The Morgan fingerprint density at radius 1 is 0.793 bits per heavy atom. The molecule has 2 aromatic carbocycles. The number of rotatable bonds is 5. The summed E-state index contributed by atoms with van der Waals surface area (Å²) in [5, 5.41) is 0. The fourth-order valence-electron chi connectivity index (χ4n) is 4.56. The smallest absolute Gasteiger partial charge is 0.231 e. The van der Waals surface area contributed by atoms with Gasteiger partial charge in [-0.2, -0.15) is 0 Å². The minimum Gasteiger partial charge on any atom is -0.493 e. The van der Waals surface area contributed by atoms with E-state index in [1.54, 1.807) is 21.3 Å². The van der Waals surface area contributed by atoms with Crippen molar-refractivity contribution in [3.05, 3.63) is 41.5 Å². The van der Waals surface area contributed by atoms with Gasteiger partial charge in [0.1, 0.15) is 6.10 Å². The number of benzene rings is 2. The Bertz CT molecular complexity index is 887. The zero-order chi connectivity index (χ0) is 20.0. The summed E-state index contributed by atoms with van der Waals surface area (Å²) in [7, 11) is 4.82. The molecule has 29 heavy (non-hydrogen) atoms. The van der Waals surface area contributed by atoms with Crippen LogP contribution < -0.4 is 23.7 Å². The maximum atomic E-state index is 6.22. The number of fused-ring (bicyclic) bond motifs is 2. The molecule has 5 rings (SSSR count). The summed E-state index contributed by atoms with van der Waals surface area (Å²) in [6.07, 6.45) is -0.221. The Balaban J connectivity index is 1.42. The van der Waals surface area contributed by atoms with Gasteiger partial charge in [-0.15, -0.1) is 0 Å². The van der Waals surface area contributed by atoms with Crippen molar-refractivity contribution in [2.45, 2.75) is 18.1 Å². The summed E-state index contributed by atoms with van der Waals surface area (Å²) in [4.78, 5) is 0. The molecule has 0 N–H and O–H groups in total. The first kappa shape index (κ1) is 18.4. The molecule has 3 aliphatic rings. The van der Waals surface area contributed by atoms with Gasteiger partial charge in [-0.05, 0) is 35.4 Å². The molecule has 4 atom stereocenters. The van der Waals surface area contributed by atoms with E-state index in [1.807, 2.05) is 18.2 Å². The SMILES string of the molecule is COc1cc(C2OCC3C(c4ccc5c(c4)OCO5)COC23)cc(OC)c1OC. The topological polar surface area (TPSA) is 64.6 Å². The monoisotopic (exact) mass is 400 g/mol. The maximum absolute atomic E-state index is 6.22. The third kappa shape index (κ3) is 2.96. The molecule has 2 saturated heterocycles. The van der Waals surface area contributed by atoms with Gasteiger partial charge in [0.2, 0.25) is 12.5 Å². The van der Waals surface area contributed by atoms with Crippen molar-refractivity contribution < 1.29 is 33.2 Å². The highest BCUT2D eigenvalue weighted by Gasteiger charge is 2.48. The predicted octanol–water partition coefficient (Wildman–Crippen LogP) is 3.31. The van der Waals surface area contributed by atoms with E-state index < -0.39 is 0 Å². The summed E-state index contributed by atoms with van der Waals surface area (Å²) in [6.45, 7) is 1.56. The normalized spacial score (nSPS) is 27.0. The average molecular weight is 400 g/mol. The van der Waals surface area contributed by atoms with Crippen LogP contribution in [0.15, 0.2) is 30.3 Å². The van der Waals surface area contributed by atoms with Crippen LogP contribution in [0.4, 0.5) is 0 Å². The summed E-state index contributed by atoms with van der Waals surface area (Å²) < 4.78 is 39.8. The van der Waals surface area contributed by atoms with Crippen LogP contribution in [-0.2, 0) is 9.47 Å². The molecule has 0 aliphatic carbocycles. The Morgan fingerprint density at radius 2 is 1.55 bits per heavy atom. The lowest BCUT2D eigenvalue weighted by Gasteiger charge is -2.20. The van der Waals surface area contributed by atoms with E-state index in [0.29, 0.717) is 30.5 Å². The molecule has 7 heteroatoms. The first-order chi connectivity index (χ1) is 14.2. The first-order valence-electron chi connectivity index (χ1n) is 9.66. The van der Waals surface area contributed by atoms with Crippen molar-refractivity contribution in [1.29, 1.82) is 0 Å². The van der Waals surface area contributed by atoms with Crippen LogP contribution in [0.2, 0.25) is 0 Å². The number of methoxy groups -OCH3 is 3. The van der Waals surface area contributed by atoms with Crippen molar-refractivity contribution in [3.63, 3.8) is 0 Å². The highest BCUT2D eigenvalue weighted by atomic mass is 16.7. The van der Waals surface area contributed by atoms with Gasteiger partial charge in [0, 0.05) is 11.8 Å².